The molecule has 216 valence electrons. The number of rotatable bonds is 10. The minimum atomic E-state index is -0.489. The number of benzene rings is 2. The number of carbonyl (C=O) groups excluding carboxylic acids is 2. The van der Waals surface area contributed by atoms with Crippen LogP contribution in [-0.4, -0.2) is 42.1 Å². The van der Waals surface area contributed by atoms with Crippen molar-refractivity contribution in [3.63, 3.8) is 0 Å². The summed E-state index contributed by atoms with van der Waals surface area (Å²) in [6.07, 6.45) is 3.72. The lowest BCUT2D eigenvalue weighted by molar-refractivity contribution is -0.385. The van der Waals surface area contributed by atoms with Gasteiger partial charge >= 0.3 is 0 Å². The van der Waals surface area contributed by atoms with Crippen LogP contribution in [-0.2, 0) is 22.4 Å². The van der Waals surface area contributed by atoms with Gasteiger partial charge < -0.3 is 10.6 Å². The summed E-state index contributed by atoms with van der Waals surface area (Å²) in [4.78, 5) is 45.6. The number of hydrogen-bond acceptors (Lipinski definition) is 12. The van der Waals surface area contributed by atoms with E-state index in [2.05, 4.69) is 31.0 Å². The van der Waals surface area contributed by atoms with E-state index >= 15 is 0 Å². The zero-order valence-electron chi connectivity index (χ0n) is 22.0. The zero-order chi connectivity index (χ0) is 29.6. The van der Waals surface area contributed by atoms with E-state index in [-0.39, 0.29) is 47.9 Å². The van der Waals surface area contributed by atoms with Gasteiger partial charge in [0.25, 0.3) is 11.4 Å². The van der Waals surface area contributed by atoms with Crippen LogP contribution in [0.3, 0.4) is 0 Å². The second-order valence-corrected chi connectivity index (χ2v) is 11.8. The number of nitro groups is 2. The van der Waals surface area contributed by atoms with E-state index < -0.39 is 9.85 Å². The number of anilines is 2. The Morgan fingerprint density at radius 1 is 0.714 bits per heavy atom. The van der Waals surface area contributed by atoms with Crippen molar-refractivity contribution in [2.45, 2.75) is 50.4 Å². The minimum Gasteiger partial charge on any atom is -0.300 e. The Morgan fingerprint density at radius 3 is 1.50 bits per heavy atom. The van der Waals surface area contributed by atoms with Crippen LogP contribution < -0.4 is 10.6 Å². The maximum atomic E-state index is 12.5. The number of hydrogen-bond donors (Lipinski definition) is 2. The van der Waals surface area contributed by atoms with Crippen LogP contribution in [0.5, 0.6) is 0 Å². The van der Waals surface area contributed by atoms with Gasteiger partial charge in [0.15, 0.2) is 0 Å². The van der Waals surface area contributed by atoms with Gasteiger partial charge in [-0.1, -0.05) is 53.4 Å². The van der Waals surface area contributed by atoms with Gasteiger partial charge in [-0.3, -0.25) is 29.8 Å². The van der Waals surface area contributed by atoms with Crippen molar-refractivity contribution in [3.05, 3.63) is 89.9 Å². The quantitative estimate of drug-likeness (QED) is 0.182. The summed E-state index contributed by atoms with van der Waals surface area (Å²) >= 11 is 2.66. The molecular weight excluding hydrogens is 584 g/mol. The van der Waals surface area contributed by atoms with E-state index in [1.54, 1.807) is 24.3 Å². The molecule has 16 heteroatoms. The normalized spacial score (nSPS) is 16.5. The Labute approximate surface area is 246 Å². The summed E-state index contributed by atoms with van der Waals surface area (Å²) in [5.41, 5.74) is 1.23. The molecule has 2 atom stereocenters. The van der Waals surface area contributed by atoms with Gasteiger partial charge in [0.1, 0.15) is 10.0 Å². The molecule has 1 fully saturated rings. The Hall–Kier alpha value is -4.70. The van der Waals surface area contributed by atoms with Crippen molar-refractivity contribution in [1.82, 2.24) is 20.4 Å². The lowest BCUT2D eigenvalue weighted by Crippen LogP contribution is -2.14. The molecule has 2 aromatic carbocycles. The second-order valence-electron chi connectivity index (χ2n) is 9.75. The Bertz CT molecular complexity index is 1490. The van der Waals surface area contributed by atoms with Crippen LogP contribution in [0.1, 0.15) is 58.7 Å². The summed E-state index contributed by atoms with van der Waals surface area (Å²) in [5, 5.41) is 46.5. The van der Waals surface area contributed by atoms with E-state index in [9.17, 15) is 29.8 Å². The third-order valence-corrected chi connectivity index (χ3v) is 8.77. The van der Waals surface area contributed by atoms with Crippen molar-refractivity contribution >= 4 is 56.1 Å². The number of aromatic nitrogens is 4. The average Bonchev–Trinajstić information content (AvgIpc) is 3.63. The van der Waals surface area contributed by atoms with Crippen molar-refractivity contribution in [1.29, 1.82) is 0 Å². The molecule has 0 unspecified atom stereocenters. The fourth-order valence-electron chi connectivity index (χ4n) is 4.71. The molecule has 2 N–H and O–H groups in total. The van der Waals surface area contributed by atoms with Gasteiger partial charge in [-0.05, 0) is 30.4 Å². The van der Waals surface area contributed by atoms with Gasteiger partial charge in [0, 0.05) is 36.1 Å². The number of carbonyl (C=O) groups is 2. The highest BCUT2D eigenvalue weighted by atomic mass is 32.1. The summed E-state index contributed by atoms with van der Waals surface area (Å²) in [5.74, 6) is -0.286. The van der Waals surface area contributed by atoms with Crippen molar-refractivity contribution < 1.29 is 19.4 Å². The van der Waals surface area contributed by atoms with Gasteiger partial charge in [-0.15, -0.1) is 20.4 Å². The highest BCUT2D eigenvalue weighted by Crippen LogP contribution is 2.43. The predicted molar refractivity (Wildman–Crippen MR) is 155 cm³/mol. The number of nitrogens with one attached hydrogen (secondary N) is 2. The second kappa shape index (κ2) is 12.9. The first-order chi connectivity index (χ1) is 20.2. The Morgan fingerprint density at radius 2 is 1.12 bits per heavy atom. The number of amides is 2. The third-order valence-electron chi connectivity index (χ3n) is 6.77. The van der Waals surface area contributed by atoms with E-state index in [4.69, 9.17) is 0 Å². The van der Waals surface area contributed by atoms with E-state index in [0.29, 0.717) is 21.4 Å². The van der Waals surface area contributed by atoms with Gasteiger partial charge in [-0.2, -0.15) is 0 Å². The van der Waals surface area contributed by atoms with E-state index in [0.717, 1.165) is 35.7 Å². The maximum Gasteiger partial charge on any atom is 0.269 e. The summed E-state index contributed by atoms with van der Waals surface area (Å²) in [6.45, 7) is 0. The fraction of sp³-hybridized carbons (Fsp3) is 0.308. The van der Waals surface area contributed by atoms with Crippen LogP contribution in [0.4, 0.5) is 21.6 Å². The van der Waals surface area contributed by atoms with Crippen molar-refractivity contribution in [2.75, 3.05) is 10.6 Å². The third kappa shape index (κ3) is 7.32. The molecule has 2 aromatic heterocycles. The van der Waals surface area contributed by atoms with Crippen LogP contribution in [0.2, 0.25) is 0 Å². The number of non-ortho nitro benzene ring substituents is 2. The molecule has 0 saturated heterocycles. The SMILES string of the molecule is O=C(Cc1ccc([N+](=O)[O-])cc1)Nc1nnc([C@H]2CCC[C@H](c3nnc(NC(=O)Cc4ccc([N+](=O)[O-])cc4)s3)C2)s1. The molecule has 2 heterocycles. The summed E-state index contributed by atoms with van der Waals surface area (Å²) < 4.78 is 0. The first-order valence-corrected chi connectivity index (χ1v) is 14.6. The molecule has 4 aromatic rings. The van der Waals surface area contributed by atoms with Crippen LogP contribution in [0.15, 0.2) is 48.5 Å². The zero-order valence-corrected chi connectivity index (χ0v) is 23.6. The first-order valence-electron chi connectivity index (χ1n) is 13.0. The lowest BCUT2D eigenvalue weighted by Gasteiger charge is -2.25. The smallest absolute Gasteiger partial charge is 0.269 e. The van der Waals surface area contributed by atoms with Crippen molar-refractivity contribution in [2.24, 2.45) is 0 Å². The molecular formula is C26H24N8O6S2. The molecule has 14 nitrogen and oxygen atoms in total. The van der Waals surface area contributed by atoms with Crippen LogP contribution in [0, 0.1) is 20.2 Å². The van der Waals surface area contributed by atoms with Crippen molar-refractivity contribution in [3.8, 4) is 0 Å². The average molecular weight is 609 g/mol. The van der Waals surface area contributed by atoms with Gasteiger partial charge in [0.05, 0.1) is 22.7 Å². The number of nitrogens with zero attached hydrogens (tertiary/aromatic N) is 6. The molecule has 1 aliphatic rings. The maximum absolute atomic E-state index is 12.5. The Balaban J connectivity index is 1.13. The highest BCUT2D eigenvalue weighted by Gasteiger charge is 2.29. The van der Waals surface area contributed by atoms with Crippen LogP contribution in [0.25, 0.3) is 0 Å². The van der Waals surface area contributed by atoms with Gasteiger partial charge in [0.2, 0.25) is 22.1 Å². The lowest BCUT2D eigenvalue weighted by atomic mass is 9.82. The topological polar surface area (TPSA) is 196 Å². The van der Waals surface area contributed by atoms with Crippen LogP contribution >= 0.6 is 22.7 Å². The molecule has 5 rings (SSSR count). The highest BCUT2D eigenvalue weighted by molar-refractivity contribution is 7.15. The van der Waals surface area contributed by atoms with Gasteiger partial charge in [-0.25, -0.2) is 0 Å². The molecule has 0 spiro atoms. The molecule has 2 amide bonds. The largest absolute Gasteiger partial charge is 0.300 e. The molecule has 1 aliphatic carbocycles. The summed E-state index contributed by atoms with van der Waals surface area (Å²) in [7, 11) is 0. The molecule has 0 radical (unpaired) electrons. The fourth-order valence-corrected chi connectivity index (χ4v) is 6.52. The first kappa shape index (κ1) is 28.8. The summed E-state index contributed by atoms with van der Waals surface area (Å²) in [6, 6.07) is 11.7. The Kier molecular flexibility index (Phi) is 8.83. The standard InChI is InChI=1S/C26H24N8O6S2/c35-21(12-15-4-8-19(9-5-15)33(37)38)27-25-31-29-23(41-25)17-2-1-3-18(14-17)24-30-32-26(42-24)28-22(36)13-16-6-10-20(11-7-16)34(39)40/h4-11,17-18H,1-3,12-14H2,(H,27,31,35)(H,28,32,36)/t17-,18-/m0/s1. The molecule has 1 saturated carbocycles. The molecule has 0 bridgehead atoms. The monoisotopic (exact) mass is 608 g/mol. The number of nitro benzene ring substituents is 2. The minimum absolute atomic E-state index is 0.0344. The predicted octanol–water partition coefficient (Wildman–Crippen LogP) is 5.01. The van der Waals surface area contributed by atoms with E-state index in [1.165, 1.54) is 46.9 Å². The molecule has 42 heavy (non-hydrogen) atoms. The van der Waals surface area contributed by atoms with E-state index in [1.807, 2.05) is 0 Å². The molecule has 0 aliphatic heterocycles.